The SMILES string of the molecule is Cn1c(=O)c2c(c3cc(Nc4nc(N5CCC(F)(F)C(C(=O)N6CCC6)C5)ncc4Cl)ccc31)N[C@@H](C1CC1)C(F)(F)CO2. The molecule has 1 saturated carbocycles. The lowest BCUT2D eigenvalue weighted by Gasteiger charge is -2.41. The van der Waals surface area contributed by atoms with Gasteiger partial charge in [-0.1, -0.05) is 11.6 Å². The van der Waals surface area contributed by atoms with Gasteiger partial charge in [-0.3, -0.25) is 9.59 Å². The molecule has 7 rings (SSSR count). The fourth-order valence-electron chi connectivity index (χ4n) is 6.12. The quantitative estimate of drug-likeness (QED) is 0.391. The molecule has 2 aromatic heterocycles. The molecule has 0 spiro atoms. The van der Waals surface area contributed by atoms with E-state index in [2.05, 4.69) is 20.6 Å². The number of nitrogens with one attached hydrogen (secondary N) is 2. The van der Waals surface area contributed by atoms with Crippen molar-refractivity contribution in [2.45, 2.75) is 43.6 Å². The van der Waals surface area contributed by atoms with E-state index in [1.165, 1.54) is 15.7 Å². The van der Waals surface area contributed by atoms with Crippen LogP contribution in [0.15, 0.2) is 29.2 Å². The summed E-state index contributed by atoms with van der Waals surface area (Å²) in [5, 5.41) is 6.69. The van der Waals surface area contributed by atoms with E-state index in [-0.39, 0.29) is 47.2 Å². The molecule has 234 valence electrons. The molecule has 3 aliphatic heterocycles. The number of benzene rings is 1. The van der Waals surface area contributed by atoms with E-state index in [9.17, 15) is 27.2 Å². The Morgan fingerprint density at radius 3 is 2.64 bits per heavy atom. The second kappa shape index (κ2) is 10.4. The van der Waals surface area contributed by atoms with Gasteiger partial charge < -0.3 is 29.7 Å². The Morgan fingerprint density at radius 1 is 1.16 bits per heavy atom. The Labute approximate surface area is 254 Å². The molecule has 1 aromatic carbocycles. The standard InChI is InChI=1S/C29H30ClF4N7O3/c1-39-20-6-5-16(11-17(20)21-22(26(39)43)44-14-29(33,34)23(37-21)15-3-4-15)36-24-19(30)12-35-27(38-24)41-10-7-28(31,32)18(13-41)25(42)40-8-2-9-40/h5-6,11-12,15,18,23,37H,2-4,7-10,13-14H2,1H3,(H,35,36,38)/t18?,23-/m0/s1. The number of nitrogens with zero attached hydrogens (tertiary/aromatic N) is 5. The van der Waals surface area contributed by atoms with Crippen LogP contribution >= 0.6 is 11.6 Å². The molecular formula is C29H30ClF4N7O3. The summed E-state index contributed by atoms with van der Waals surface area (Å²) in [5.74, 6) is -8.47. The van der Waals surface area contributed by atoms with E-state index < -0.39 is 48.3 Å². The van der Waals surface area contributed by atoms with Gasteiger partial charge in [-0.25, -0.2) is 22.5 Å². The number of pyridine rings is 1. The van der Waals surface area contributed by atoms with Crippen molar-refractivity contribution in [2.75, 3.05) is 48.3 Å². The molecule has 4 aliphatic rings. The largest absolute Gasteiger partial charge is 0.480 e. The molecule has 44 heavy (non-hydrogen) atoms. The average molecular weight is 636 g/mol. The number of carbonyl (C=O) groups excluding carboxylic acids is 1. The van der Waals surface area contributed by atoms with Crippen molar-refractivity contribution in [3.05, 3.63) is 39.8 Å². The predicted octanol–water partition coefficient (Wildman–Crippen LogP) is 4.64. The minimum atomic E-state index is -3.17. The van der Waals surface area contributed by atoms with Crippen molar-refractivity contribution < 1.29 is 27.1 Å². The van der Waals surface area contributed by atoms with Crippen LogP contribution in [0.4, 0.5) is 40.7 Å². The van der Waals surface area contributed by atoms with Crippen LogP contribution < -0.4 is 25.8 Å². The van der Waals surface area contributed by atoms with E-state index in [1.807, 2.05) is 0 Å². The van der Waals surface area contributed by atoms with Crippen LogP contribution in [0.3, 0.4) is 0 Å². The normalized spacial score (nSPS) is 24.0. The Balaban J connectivity index is 1.20. The molecule has 15 heteroatoms. The first-order chi connectivity index (χ1) is 20.9. The molecule has 5 heterocycles. The maximum Gasteiger partial charge on any atom is 0.301 e. The Morgan fingerprint density at radius 2 is 1.93 bits per heavy atom. The number of fused-ring (bicyclic) bond motifs is 3. The number of anilines is 4. The summed E-state index contributed by atoms with van der Waals surface area (Å²) >= 11 is 6.42. The van der Waals surface area contributed by atoms with Gasteiger partial charge in [0.15, 0.2) is 12.4 Å². The van der Waals surface area contributed by atoms with E-state index in [0.29, 0.717) is 42.5 Å². The zero-order valence-corrected chi connectivity index (χ0v) is 24.5. The number of aryl methyl sites for hydroxylation is 1. The van der Waals surface area contributed by atoms with Crippen LogP contribution in [0.2, 0.25) is 5.02 Å². The van der Waals surface area contributed by atoms with Crippen LogP contribution in [0.25, 0.3) is 10.9 Å². The zero-order valence-electron chi connectivity index (χ0n) is 23.8. The number of halogens is 5. The number of aromatic nitrogens is 3. The minimum absolute atomic E-state index is 0.0492. The summed E-state index contributed by atoms with van der Waals surface area (Å²) in [6.45, 7) is -0.236. The van der Waals surface area contributed by atoms with Crippen molar-refractivity contribution in [3.8, 4) is 5.75 Å². The van der Waals surface area contributed by atoms with Crippen molar-refractivity contribution in [3.63, 3.8) is 0 Å². The number of carbonyl (C=O) groups is 1. The molecular weight excluding hydrogens is 606 g/mol. The number of hydrogen-bond acceptors (Lipinski definition) is 8. The van der Waals surface area contributed by atoms with Crippen molar-refractivity contribution >= 4 is 51.6 Å². The summed E-state index contributed by atoms with van der Waals surface area (Å²) in [4.78, 5) is 37.6. The first-order valence-electron chi connectivity index (χ1n) is 14.6. The first-order valence-corrected chi connectivity index (χ1v) is 15.0. The highest BCUT2D eigenvalue weighted by Gasteiger charge is 2.52. The maximum atomic E-state index is 15.0. The number of piperidine rings is 1. The number of alkyl halides is 4. The third-order valence-corrected chi connectivity index (χ3v) is 9.26. The van der Waals surface area contributed by atoms with Gasteiger partial charge in [-0.15, -0.1) is 0 Å². The van der Waals surface area contributed by atoms with Crippen LogP contribution in [0, 0.1) is 11.8 Å². The monoisotopic (exact) mass is 635 g/mol. The Bertz CT molecular complexity index is 1710. The molecule has 2 atom stereocenters. The first kappa shape index (κ1) is 28.9. The number of likely N-dealkylation sites (tertiary alicyclic amines) is 1. The topological polar surface area (TPSA) is 105 Å². The molecule has 3 aromatic rings. The Hall–Kier alpha value is -3.81. The Kier molecular flexibility index (Phi) is 6.83. The lowest BCUT2D eigenvalue weighted by atomic mass is 9.91. The number of ether oxygens (including phenoxy) is 1. The zero-order chi connectivity index (χ0) is 31.0. The third-order valence-electron chi connectivity index (χ3n) is 8.98. The van der Waals surface area contributed by atoms with Crippen LogP contribution in [-0.2, 0) is 11.8 Å². The van der Waals surface area contributed by atoms with E-state index in [1.54, 1.807) is 30.1 Å². The summed E-state index contributed by atoms with van der Waals surface area (Å²) in [7, 11) is 1.54. The van der Waals surface area contributed by atoms with Crippen LogP contribution in [0.5, 0.6) is 5.75 Å². The van der Waals surface area contributed by atoms with Crippen molar-refractivity contribution in [1.29, 1.82) is 0 Å². The van der Waals surface area contributed by atoms with Crippen molar-refractivity contribution in [2.24, 2.45) is 18.9 Å². The summed E-state index contributed by atoms with van der Waals surface area (Å²) in [5.41, 5.74) is 0.635. The molecule has 3 fully saturated rings. The second-order valence-electron chi connectivity index (χ2n) is 12.0. The molecule has 1 aliphatic carbocycles. The molecule has 10 nitrogen and oxygen atoms in total. The molecule has 1 amide bonds. The molecule has 2 saturated heterocycles. The number of rotatable bonds is 5. The average Bonchev–Trinajstić information content (AvgIpc) is 3.79. The van der Waals surface area contributed by atoms with Gasteiger partial charge in [0.1, 0.15) is 10.9 Å². The minimum Gasteiger partial charge on any atom is -0.480 e. The molecule has 0 radical (unpaired) electrons. The number of hydrogen-bond donors (Lipinski definition) is 2. The highest BCUT2D eigenvalue weighted by molar-refractivity contribution is 6.33. The van der Waals surface area contributed by atoms with Gasteiger partial charge in [0.2, 0.25) is 17.6 Å². The van der Waals surface area contributed by atoms with Gasteiger partial charge in [-0.2, -0.15) is 4.98 Å². The lowest BCUT2D eigenvalue weighted by Crippen LogP contribution is -2.57. The third kappa shape index (κ3) is 4.96. The van der Waals surface area contributed by atoms with Gasteiger partial charge in [0.05, 0.1) is 23.4 Å². The fraction of sp³-hybridized carbons (Fsp3) is 0.517. The predicted molar refractivity (Wildman–Crippen MR) is 157 cm³/mol. The lowest BCUT2D eigenvalue weighted by molar-refractivity contribution is -0.156. The van der Waals surface area contributed by atoms with Crippen LogP contribution in [-0.4, -0.2) is 76.0 Å². The van der Waals surface area contributed by atoms with E-state index >= 15 is 0 Å². The smallest absolute Gasteiger partial charge is 0.301 e. The van der Waals surface area contributed by atoms with E-state index in [4.69, 9.17) is 16.3 Å². The maximum absolute atomic E-state index is 15.0. The van der Waals surface area contributed by atoms with Crippen molar-refractivity contribution in [1.82, 2.24) is 19.4 Å². The van der Waals surface area contributed by atoms with Gasteiger partial charge >= 0.3 is 5.92 Å². The highest BCUT2D eigenvalue weighted by Crippen LogP contribution is 2.46. The van der Waals surface area contributed by atoms with Gasteiger partial charge in [-0.05, 0) is 43.4 Å². The second-order valence-corrected chi connectivity index (χ2v) is 12.4. The summed E-state index contributed by atoms with van der Waals surface area (Å²) < 4.78 is 66.3. The number of amides is 1. The van der Waals surface area contributed by atoms with E-state index in [0.717, 1.165) is 6.42 Å². The van der Waals surface area contributed by atoms with Crippen LogP contribution in [0.1, 0.15) is 25.7 Å². The molecule has 0 bridgehead atoms. The summed E-state index contributed by atoms with van der Waals surface area (Å²) in [6, 6.07) is 3.85. The fourth-order valence-corrected chi connectivity index (χ4v) is 6.26. The highest BCUT2D eigenvalue weighted by atomic mass is 35.5. The van der Waals surface area contributed by atoms with Gasteiger partial charge in [0, 0.05) is 50.7 Å². The van der Waals surface area contributed by atoms with Gasteiger partial charge in [0.25, 0.3) is 11.5 Å². The molecule has 1 unspecified atom stereocenters. The summed E-state index contributed by atoms with van der Waals surface area (Å²) in [6.07, 6.45) is 2.95. The molecule has 2 N–H and O–H groups in total.